The van der Waals surface area contributed by atoms with Crippen LogP contribution in [0.4, 0.5) is 22.0 Å². The Bertz CT molecular complexity index is 1740. The Balaban J connectivity index is 1.46. The van der Waals surface area contributed by atoms with Gasteiger partial charge in [-0.1, -0.05) is 18.2 Å². The van der Waals surface area contributed by atoms with Crippen LogP contribution in [0, 0.1) is 23.5 Å². The molecule has 2 bridgehead atoms. The summed E-state index contributed by atoms with van der Waals surface area (Å²) in [6.07, 6.45) is -1.08. The molecule has 4 atom stereocenters. The molecular formula is C32H28F5N5O2. The highest BCUT2D eigenvalue weighted by Crippen LogP contribution is 2.56. The second kappa shape index (κ2) is 11.1. The number of allylic oxidation sites excluding steroid dienone is 2. The first-order valence-electron chi connectivity index (χ1n) is 14.1. The topological polar surface area (TPSA) is 123 Å². The number of pyridine rings is 1. The number of rotatable bonds is 3. The number of nitrogens with two attached hydrogens (primary N) is 2. The van der Waals surface area contributed by atoms with Gasteiger partial charge in [0.15, 0.2) is 0 Å². The summed E-state index contributed by atoms with van der Waals surface area (Å²) in [7, 11) is 0. The maximum absolute atomic E-state index is 15.6. The molecule has 12 heteroatoms. The number of hydrogen-bond acceptors (Lipinski definition) is 5. The van der Waals surface area contributed by atoms with Crippen molar-refractivity contribution >= 4 is 17.5 Å². The third-order valence-electron chi connectivity index (χ3n) is 8.35. The van der Waals surface area contributed by atoms with Crippen molar-refractivity contribution in [3.05, 3.63) is 100 Å². The van der Waals surface area contributed by atoms with Crippen molar-refractivity contribution in [1.82, 2.24) is 10.3 Å². The quantitative estimate of drug-likeness (QED) is 0.371. The predicted molar refractivity (Wildman–Crippen MR) is 152 cm³/mol. The number of carbonyl (C=O) groups excluding carboxylic acids is 2. The summed E-state index contributed by atoms with van der Waals surface area (Å²) in [5.41, 5.74) is 11.3. The monoisotopic (exact) mass is 609 g/mol. The average molecular weight is 610 g/mol. The first-order valence-corrected chi connectivity index (χ1v) is 14.1. The van der Waals surface area contributed by atoms with Crippen LogP contribution in [0.5, 0.6) is 0 Å². The summed E-state index contributed by atoms with van der Waals surface area (Å²) in [4.78, 5) is 33.9. The molecule has 2 aromatic carbocycles. The van der Waals surface area contributed by atoms with Crippen molar-refractivity contribution in [3.8, 4) is 11.1 Å². The third-order valence-corrected chi connectivity index (χ3v) is 8.35. The van der Waals surface area contributed by atoms with E-state index in [1.54, 1.807) is 12.1 Å². The summed E-state index contributed by atoms with van der Waals surface area (Å²) < 4.78 is 75.2. The Morgan fingerprint density at radius 2 is 1.80 bits per heavy atom. The van der Waals surface area contributed by atoms with E-state index < -0.39 is 72.2 Å². The fraction of sp³-hybridized carbons (Fsp3) is 0.312. The molecule has 7 nitrogen and oxygen atoms in total. The second-order valence-corrected chi connectivity index (χ2v) is 11.5. The van der Waals surface area contributed by atoms with E-state index in [-0.39, 0.29) is 35.1 Å². The number of aliphatic imine (C=N–C) groups is 1. The highest BCUT2D eigenvalue weighted by atomic mass is 19.3. The van der Waals surface area contributed by atoms with Crippen molar-refractivity contribution in [2.75, 3.05) is 6.54 Å². The lowest BCUT2D eigenvalue weighted by Gasteiger charge is -2.29. The lowest BCUT2D eigenvalue weighted by atomic mass is 9.86. The first-order chi connectivity index (χ1) is 20.9. The molecule has 2 aliphatic carbocycles. The summed E-state index contributed by atoms with van der Waals surface area (Å²) in [5, 5.41) is 2.83. The van der Waals surface area contributed by atoms with Crippen LogP contribution in [-0.2, 0) is 17.6 Å². The maximum Gasteiger partial charge on any atom is 0.277 e. The van der Waals surface area contributed by atoms with Gasteiger partial charge in [-0.05, 0) is 65.8 Å². The minimum absolute atomic E-state index is 0.00273. The van der Waals surface area contributed by atoms with Crippen LogP contribution in [0.3, 0.4) is 0 Å². The number of nitrogens with one attached hydrogen (secondary N) is 1. The van der Waals surface area contributed by atoms with E-state index in [4.69, 9.17) is 11.5 Å². The molecule has 1 aromatic heterocycles. The summed E-state index contributed by atoms with van der Waals surface area (Å²) >= 11 is 0. The van der Waals surface area contributed by atoms with Crippen LogP contribution in [-0.4, -0.2) is 41.1 Å². The van der Waals surface area contributed by atoms with Crippen molar-refractivity contribution in [3.63, 3.8) is 0 Å². The zero-order valence-corrected chi connectivity index (χ0v) is 23.3. The lowest BCUT2D eigenvalue weighted by molar-refractivity contribution is -0.120. The zero-order chi connectivity index (χ0) is 31.3. The van der Waals surface area contributed by atoms with E-state index in [9.17, 15) is 18.4 Å². The first kappa shape index (κ1) is 29.5. The number of fused-ring (bicyclic) bond motifs is 5. The molecule has 3 aliphatic rings. The van der Waals surface area contributed by atoms with Crippen molar-refractivity contribution < 1.29 is 31.5 Å². The smallest absolute Gasteiger partial charge is 0.277 e. The number of carbonyl (C=O) groups is 2. The standard InChI is InChI=1S/C32H28F5N5O2/c33-19-7-15-6-16(8-19)10-25(29-20(2-1-5-40-29)17-3-4-23(34)22(11-17)31(39)44)42-26(43)14-41-30-21-12-18(21)13-32(36,37)27(30)28(38)24(35)9-15/h1-8,11,18,21,24-25H,9-10,12-14,38H2,(H2,39,44)(H,42,43)/t18?,21?,24?,25-/m0/s1. The van der Waals surface area contributed by atoms with E-state index >= 15 is 13.2 Å². The van der Waals surface area contributed by atoms with Crippen LogP contribution >= 0.6 is 0 Å². The molecule has 0 radical (unpaired) electrons. The normalized spacial score (nSPS) is 24.8. The summed E-state index contributed by atoms with van der Waals surface area (Å²) in [6, 6.07) is 9.97. The molecule has 5 N–H and O–H groups in total. The average Bonchev–Trinajstić information content (AvgIpc) is 3.72. The molecule has 2 fully saturated rings. The number of nitrogens with zero attached hydrogens (tertiary/aromatic N) is 2. The molecule has 0 spiro atoms. The maximum atomic E-state index is 15.6. The minimum Gasteiger partial charge on any atom is -0.399 e. The van der Waals surface area contributed by atoms with E-state index in [0.717, 1.165) is 12.1 Å². The number of aromatic nitrogens is 1. The number of halogens is 5. The fourth-order valence-corrected chi connectivity index (χ4v) is 6.26. The van der Waals surface area contributed by atoms with Gasteiger partial charge in [0, 0.05) is 36.2 Å². The van der Waals surface area contributed by atoms with Gasteiger partial charge in [-0.3, -0.25) is 19.6 Å². The van der Waals surface area contributed by atoms with Gasteiger partial charge in [0.2, 0.25) is 5.91 Å². The molecular weight excluding hydrogens is 581 g/mol. The van der Waals surface area contributed by atoms with E-state index in [1.165, 1.54) is 30.5 Å². The van der Waals surface area contributed by atoms with Crippen LogP contribution in [0.25, 0.3) is 11.1 Å². The summed E-state index contributed by atoms with van der Waals surface area (Å²) in [5.74, 6) is -7.25. The summed E-state index contributed by atoms with van der Waals surface area (Å²) in [6.45, 7) is -0.544. The molecule has 44 heavy (non-hydrogen) atoms. The van der Waals surface area contributed by atoms with Gasteiger partial charge < -0.3 is 16.8 Å². The number of alkyl halides is 3. The Hall–Kier alpha value is -4.61. The van der Waals surface area contributed by atoms with E-state index in [2.05, 4.69) is 15.3 Å². The highest BCUT2D eigenvalue weighted by Gasteiger charge is 2.58. The Morgan fingerprint density at radius 3 is 2.55 bits per heavy atom. The lowest BCUT2D eigenvalue weighted by Crippen LogP contribution is -2.38. The number of hydrogen-bond donors (Lipinski definition) is 3. The number of amides is 2. The van der Waals surface area contributed by atoms with Gasteiger partial charge >= 0.3 is 0 Å². The van der Waals surface area contributed by atoms with Crippen LogP contribution in [0.15, 0.2) is 71.0 Å². The Kier molecular flexibility index (Phi) is 7.46. The van der Waals surface area contributed by atoms with Crippen LogP contribution < -0.4 is 16.8 Å². The van der Waals surface area contributed by atoms with Gasteiger partial charge in [-0.25, -0.2) is 22.0 Å². The molecule has 3 aromatic rings. The molecule has 228 valence electrons. The molecule has 2 heterocycles. The van der Waals surface area contributed by atoms with Crippen molar-refractivity contribution in [2.45, 2.75) is 43.8 Å². The van der Waals surface area contributed by atoms with Crippen molar-refractivity contribution in [2.24, 2.45) is 28.3 Å². The molecule has 3 unspecified atom stereocenters. The largest absolute Gasteiger partial charge is 0.399 e. The van der Waals surface area contributed by atoms with Gasteiger partial charge in [-0.2, -0.15) is 0 Å². The van der Waals surface area contributed by atoms with Gasteiger partial charge in [0.25, 0.3) is 11.8 Å². The van der Waals surface area contributed by atoms with E-state index in [0.29, 0.717) is 28.8 Å². The SMILES string of the molecule is NC(=O)c1cc(-c2cccnc2[C@@H]2Cc3cc(F)cc(c3)CC(F)C(N)=C3C(=NCC(=O)N2)C2CC2CC3(F)F)ccc1F. The minimum atomic E-state index is -3.43. The molecule has 2 saturated carbocycles. The third kappa shape index (κ3) is 5.68. The Labute approximate surface area is 249 Å². The second-order valence-electron chi connectivity index (χ2n) is 11.5. The Morgan fingerprint density at radius 1 is 1.05 bits per heavy atom. The predicted octanol–water partition coefficient (Wildman–Crippen LogP) is 4.75. The molecule has 2 amide bonds. The van der Waals surface area contributed by atoms with E-state index in [1.807, 2.05) is 0 Å². The van der Waals surface area contributed by atoms with Crippen LogP contribution in [0.1, 0.15) is 46.1 Å². The molecule has 1 aliphatic heterocycles. The highest BCUT2D eigenvalue weighted by molar-refractivity contribution is 6.07. The van der Waals surface area contributed by atoms with Crippen molar-refractivity contribution in [1.29, 1.82) is 0 Å². The number of primary amides is 1. The van der Waals surface area contributed by atoms with Gasteiger partial charge in [0.1, 0.15) is 24.4 Å². The molecule has 0 saturated heterocycles. The number of benzene rings is 2. The fourth-order valence-electron chi connectivity index (χ4n) is 6.26. The zero-order valence-electron chi connectivity index (χ0n) is 23.3. The van der Waals surface area contributed by atoms with Crippen LogP contribution in [0.2, 0.25) is 0 Å². The molecule has 6 rings (SSSR count). The van der Waals surface area contributed by atoms with Gasteiger partial charge in [-0.15, -0.1) is 0 Å². The van der Waals surface area contributed by atoms with Gasteiger partial charge in [0.05, 0.1) is 28.6 Å².